The van der Waals surface area contributed by atoms with E-state index in [9.17, 15) is 9.18 Å². The first-order valence-corrected chi connectivity index (χ1v) is 6.86. The Morgan fingerprint density at radius 3 is 2.50 bits per heavy atom. The molecular formula is C16H14ClFN2O2. The number of ether oxygens (including phenoxy) is 1. The van der Waals surface area contributed by atoms with Gasteiger partial charge in [0, 0.05) is 22.9 Å². The maximum atomic E-state index is 13.8. The molecule has 2 aromatic rings. The molecule has 0 aromatic heterocycles. The lowest BCUT2D eigenvalue weighted by Gasteiger charge is -2.17. The number of amides is 1. The lowest BCUT2D eigenvalue weighted by atomic mass is 10.2. The van der Waals surface area contributed by atoms with Crippen LogP contribution in [0.25, 0.3) is 0 Å². The molecule has 0 aliphatic heterocycles. The molecule has 0 fully saturated rings. The Hall–Kier alpha value is -2.40. The van der Waals surface area contributed by atoms with Crippen LogP contribution < -0.4 is 9.75 Å². The van der Waals surface area contributed by atoms with Gasteiger partial charge in [-0.2, -0.15) is 10.1 Å². The first-order valence-electron chi connectivity index (χ1n) is 6.49. The van der Waals surface area contributed by atoms with Crippen molar-refractivity contribution in [2.75, 3.05) is 12.1 Å². The second kappa shape index (κ2) is 7.04. The second-order valence-corrected chi connectivity index (χ2v) is 4.75. The highest BCUT2D eigenvalue weighted by Gasteiger charge is 2.18. The van der Waals surface area contributed by atoms with Crippen molar-refractivity contribution >= 4 is 29.4 Å². The highest BCUT2D eigenvalue weighted by Crippen LogP contribution is 2.25. The van der Waals surface area contributed by atoms with Gasteiger partial charge in [0.15, 0.2) is 11.6 Å². The predicted octanol–water partition coefficient (Wildman–Crippen LogP) is 4.14. The van der Waals surface area contributed by atoms with Gasteiger partial charge in [-0.1, -0.05) is 11.6 Å². The fourth-order valence-corrected chi connectivity index (χ4v) is 1.98. The van der Waals surface area contributed by atoms with E-state index in [4.69, 9.17) is 16.3 Å². The Bertz CT molecular complexity index is 702. The highest BCUT2D eigenvalue weighted by molar-refractivity contribution is 6.30. The summed E-state index contributed by atoms with van der Waals surface area (Å²) in [4.78, 5) is 12.5. The SMILES string of the molecule is C/C=N/N(C(=O)c1ccc(Cl)cc1)c1ccc(OC)c(F)c1. The molecular weight excluding hydrogens is 307 g/mol. The van der Waals surface area contributed by atoms with Gasteiger partial charge >= 0.3 is 0 Å². The van der Waals surface area contributed by atoms with Gasteiger partial charge in [0.05, 0.1) is 12.8 Å². The third-order valence-electron chi connectivity index (χ3n) is 2.89. The molecule has 0 radical (unpaired) electrons. The minimum Gasteiger partial charge on any atom is -0.494 e. The topological polar surface area (TPSA) is 41.9 Å². The third-order valence-corrected chi connectivity index (χ3v) is 3.15. The van der Waals surface area contributed by atoms with Gasteiger partial charge in [-0.3, -0.25) is 4.79 Å². The lowest BCUT2D eigenvalue weighted by molar-refractivity contribution is 0.0987. The number of carbonyl (C=O) groups is 1. The zero-order valence-corrected chi connectivity index (χ0v) is 12.8. The number of hydrogen-bond acceptors (Lipinski definition) is 3. The molecule has 22 heavy (non-hydrogen) atoms. The van der Waals surface area contributed by atoms with E-state index in [0.717, 1.165) is 5.01 Å². The Balaban J connectivity index is 2.39. The summed E-state index contributed by atoms with van der Waals surface area (Å²) >= 11 is 5.81. The summed E-state index contributed by atoms with van der Waals surface area (Å²) in [5.41, 5.74) is 0.697. The van der Waals surface area contributed by atoms with Crippen LogP contribution >= 0.6 is 11.6 Å². The van der Waals surface area contributed by atoms with Gasteiger partial charge in [0.1, 0.15) is 0 Å². The Labute approximate surface area is 132 Å². The quantitative estimate of drug-likeness (QED) is 0.627. The number of benzene rings is 2. The summed E-state index contributed by atoms with van der Waals surface area (Å²) in [6.45, 7) is 1.67. The summed E-state index contributed by atoms with van der Waals surface area (Å²) in [6, 6.07) is 10.6. The minimum absolute atomic E-state index is 0.100. The normalized spacial score (nSPS) is 10.7. The molecule has 0 spiro atoms. The van der Waals surface area contributed by atoms with Crippen molar-refractivity contribution in [1.82, 2.24) is 0 Å². The summed E-state index contributed by atoms with van der Waals surface area (Å²) in [5.74, 6) is -0.859. The summed E-state index contributed by atoms with van der Waals surface area (Å²) in [6.07, 6.45) is 1.45. The molecule has 0 heterocycles. The van der Waals surface area contributed by atoms with E-state index in [1.807, 2.05) is 0 Å². The molecule has 0 unspecified atom stereocenters. The number of hydrazone groups is 1. The largest absolute Gasteiger partial charge is 0.494 e. The summed E-state index contributed by atoms with van der Waals surface area (Å²) < 4.78 is 18.7. The van der Waals surface area contributed by atoms with E-state index < -0.39 is 5.82 Å². The second-order valence-electron chi connectivity index (χ2n) is 4.32. The number of anilines is 1. The molecule has 0 aliphatic carbocycles. The van der Waals surface area contributed by atoms with Crippen LogP contribution in [0.3, 0.4) is 0 Å². The summed E-state index contributed by atoms with van der Waals surface area (Å²) in [5, 5.41) is 5.65. The third kappa shape index (κ3) is 3.43. The summed E-state index contributed by atoms with van der Waals surface area (Å²) in [7, 11) is 1.37. The molecule has 2 rings (SSSR count). The molecule has 0 saturated heterocycles. The van der Waals surface area contributed by atoms with E-state index in [-0.39, 0.29) is 11.7 Å². The molecule has 0 atom stereocenters. The predicted molar refractivity (Wildman–Crippen MR) is 85.4 cm³/mol. The van der Waals surface area contributed by atoms with E-state index in [2.05, 4.69) is 5.10 Å². The van der Waals surface area contributed by atoms with Gasteiger partial charge in [-0.05, 0) is 43.3 Å². The lowest BCUT2D eigenvalue weighted by Crippen LogP contribution is -2.25. The van der Waals surface area contributed by atoms with E-state index in [1.165, 1.54) is 25.5 Å². The Morgan fingerprint density at radius 1 is 1.27 bits per heavy atom. The molecule has 2 aromatic carbocycles. The van der Waals surface area contributed by atoms with Crippen LogP contribution in [-0.4, -0.2) is 19.2 Å². The number of hydrogen-bond donors (Lipinski definition) is 0. The van der Waals surface area contributed by atoms with Crippen LogP contribution in [0.5, 0.6) is 5.75 Å². The molecule has 6 heteroatoms. The molecule has 1 amide bonds. The van der Waals surface area contributed by atoms with Gasteiger partial charge in [0.25, 0.3) is 5.91 Å². The average Bonchev–Trinajstić information content (AvgIpc) is 2.52. The van der Waals surface area contributed by atoms with Crippen molar-refractivity contribution in [2.45, 2.75) is 6.92 Å². The van der Waals surface area contributed by atoms with Crippen LogP contribution in [0.15, 0.2) is 47.6 Å². The Morgan fingerprint density at radius 2 is 1.95 bits per heavy atom. The maximum absolute atomic E-state index is 13.8. The standard InChI is InChI=1S/C16H14ClFN2O2/c1-3-19-20(13-8-9-15(22-2)14(18)10-13)16(21)11-4-6-12(17)7-5-11/h3-10H,1-2H3/b19-3+. The number of methoxy groups -OCH3 is 1. The van der Waals surface area contributed by atoms with Crippen molar-refractivity contribution in [1.29, 1.82) is 0 Å². The molecule has 0 N–H and O–H groups in total. The fraction of sp³-hybridized carbons (Fsp3) is 0.125. The zero-order valence-electron chi connectivity index (χ0n) is 12.1. The van der Waals surface area contributed by atoms with Crippen molar-refractivity contribution in [2.24, 2.45) is 5.10 Å². The van der Waals surface area contributed by atoms with Crippen molar-refractivity contribution in [3.8, 4) is 5.75 Å². The van der Waals surface area contributed by atoms with Crippen LogP contribution in [0, 0.1) is 5.82 Å². The van der Waals surface area contributed by atoms with Crippen molar-refractivity contribution in [3.63, 3.8) is 0 Å². The van der Waals surface area contributed by atoms with Crippen molar-refractivity contribution < 1.29 is 13.9 Å². The van der Waals surface area contributed by atoms with E-state index in [1.54, 1.807) is 37.3 Å². The van der Waals surface area contributed by atoms with Gasteiger partial charge in [0.2, 0.25) is 0 Å². The number of rotatable bonds is 4. The number of carbonyl (C=O) groups excluding carboxylic acids is 1. The molecule has 114 valence electrons. The van der Waals surface area contributed by atoms with Crippen LogP contribution in [0.4, 0.5) is 10.1 Å². The molecule has 0 aliphatic rings. The smallest absolute Gasteiger partial charge is 0.278 e. The average molecular weight is 321 g/mol. The Kier molecular flexibility index (Phi) is 5.12. The van der Waals surface area contributed by atoms with Crippen molar-refractivity contribution in [3.05, 3.63) is 58.9 Å². The highest BCUT2D eigenvalue weighted by atomic mass is 35.5. The monoisotopic (exact) mass is 320 g/mol. The van der Waals surface area contributed by atoms with E-state index >= 15 is 0 Å². The number of halogens is 2. The first-order chi connectivity index (χ1) is 10.6. The van der Waals surface area contributed by atoms with Gasteiger partial charge in [-0.25, -0.2) is 4.39 Å². The van der Waals surface area contributed by atoms with Crippen LogP contribution in [-0.2, 0) is 0 Å². The van der Waals surface area contributed by atoms with Crippen LogP contribution in [0.1, 0.15) is 17.3 Å². The van der Waals surface area contributed by atoms with Gasteiger partial charge < -0.3 is 4.74 Å². The zero-order chi connectivity index (χ0) is 16.1. The van der Waals surface area contributed by atoms with Crippen LogP contribution in [0.2, 0.25) is 5.02 Å². The minimum atomic E-state index is -0.569. The molecule has 0 bridgehead atoms. The maximum Gasteiger partial charge on any atom is 0.278 e. The van der Waals surface area contributed by atoms with Gasteiger partial charge in [-0.15, -0.1) is 0 Å². The molecule has 0 saturated carbocycles. The number of nitrogens with zero attached hydrogens (tertiary/aromatic N) is 2. The molecule has 4 nitrogen and oxygen atoms in total. The fourth-order valence-electron chi connectivity index (χ4n) is 1.85. The first kappa shape index (κ1) is 16.0. The van der Waals surface area contributed by atoms with E-state index in [0.29, 0.717) is 16.3 Å².